The SMILES string of the molecule is CCN(Cc1ccccc1C)C(=O)Cc1c(C)nn(C)c1C. The number of likely N-dealkylation sites (N-methyl/N-ethyl adjacent to an activating group) is 1. The molecule has 2 rings (SSSR count). The van der Waals surface area contributed by atoms with Gasteiger partial charge >= 0.3 is 0 Å². The highest BCUT2D eigenvalue weighted by Gasteiger charge is 2.18. The van der Waals surface area contributed by atoms with Crippen LogP contribution in [0.15, 0.2) is 24.3 Å². The van der Waals surface area contributed by atoms with Crippen LogP contribution in [0.2, 0.25) is 0 Å². The Bertz CT molecular complexity index is 673. The fourth-order valence-corrected chi connectivity index (χ4v) is 2.71. The van der Waals surface area contributed by atoms with E-state index in [4.69, 9.17) is 0 Å². The van der Waals surface area contributed by atoms with Crippen molar-refractivity contribution >= 4 is 5.91 Å². The zero-order valence-corrected chi connectivity index (χ0v) is 14.2. The quantitative estimate of drug-likeness (QED) is 0.851. The van der Waals surface area contributed by atoms with Gasteiger partial charge in [0.25, 0.3) is 0 Å². The lowest BCUT2D eigenvalue weighted by atomic mass is 10.1. The molecule has 4 heteroatoms. The third kappa shape index (κ3) is 3.38. The van der Waals surface area contributed by atoms with E-state index in [1.165, 1.54) is 11.1 Å². The Morgan fingerprint density at radius 3 is 2.45 bits per heavy atom. The molecule has 118 valence electrons. The number of hydrogen-bond acceptors (Lipinski definition) is 2. The minimum atomic E-state index is 0.157. The average molecular weight is 299 g/mol. The van der Waals surface area contributed by atoms with Crippen LogP contribution < -0.4 is 0 Å². The van der Waals surface area contributed by atoms with E-state index in [2.05, 4.69) is 24.2 Å². The standard InChI is InChI=1S/C18H25N3O/c1-6-21(12-16-10-8-7-9-13(16)2)18(22)11-17-14(3)19-20(5)15(17)4/h7-10H,6,11-12H2,1-5H3. The minimum Gasteiger partial charge on any atom is -0.338 e. The molecule has 1 heterocycles. The summed E-state index contributed by atoms with van der Waals surface area (Å²) in [4.78, 5) is 14.6. The van der Waals surface area contributed by atoms with Crippen LogP contribution in [0.1, 0.15) is 35.0 Å². The molecule has 0 radical (unpaired) electrons. The maximum Gasteiger partial charge on any atom is 0.227 e. The molecule has 0 fully saturated rings. The molecule has 0 saturated carbocycles. The number of carbonyl (C=O) groups excluding carboxylic acids is 1. The van der Waals surface area contributed by atoms with Crippen molar-refractivity contribution < 1.29 is 4.79 Å². The van der Waals surface area contributed by atoms with Crippen LogP contribution in [0, 0.1) is 20.8 Å². The monoisotopic (exact) mass is 299 g/mol. The number of nitrogens with zero attached hydrogens (tertiary/aromatic N) is 3. The van der Waals surface area contributed by atoms with Gasteiger partial charge in [-0.2, -0.15) is 5.10 Å². The van der Waals surface area contributed by atoms with Crippen molar-refractivity contribution in [1.29, 1.82) is 0 Å². The Labute approximate surface area is 132 Å². The fourth-order valence-electron chi connectivity index (χ4n) is 2.71. The van der Waals surface area contributed by atoms with Crippen molar-refractivity contribution in [3.63, 3.8) is 0 Å². The van der Waals surface area contributed by atoms with Crippen molar-refractivity contribution in [3.8, 4) is 0 Å². The molecular weight excluding hydrogens is 274 g/mol. The zero-order chi connectivity index (χ0) is 16.3. The van der Waals surface area contributed by atoms with Crippen LogP contribution in [0.5, 0.6) is 0 Å². The number of amides is 1. The van der Waals surface area contributed by atoms with Gasteiger partial charge in [-0.1, -0.05) is 24.3 Å². The van der Waals surface area contributed by atoms with Crippen LogP contribution in [0.25, 0.3) is 0 Å². The van der Waals surface area contributed by atoms with Gasteiger partial charge in [-0.3, -0.25) is 9.48 Å². The van der Waals surface area contributed by atoms with E-state index in [1.807, 2.05) is 49.5 Å². The Kier molecular flexibility index (Phi) is 5.01. The third-order valence-electron chi connectivity index (χ3n) is 4.34. The predicted molar refractivity (Wildman–Crippen MR) is 88.7 cm³/mol. The average Bonchev–Trinajstić information content (AvgIpc) is 2.72. The molecule has 0 spiro atoms. The summed E-state index contributed by atoms with van der Waals surface area (Å²) in [6.07, 6.45) is 0.422. The third-order valence-corrected chi connectivity index (χ3v) is 4.34. The lowest BCUT2D eigenvalue weighted by molar-refractivity contribution is -0.130. The summed E-state index contributed by atoms with van der Waals surface area (Å²) in [7, 11) is 1.92. The molecule has 2 aromatic rings. The van der Waals surface area contributed by atoms with Gasteiger partial charge in [-0.15, -0.1) is 0 Å². The van der Waals surface area contributed by atoms with Crippen molar-refractivity contribution in [2.75, 3.05) is 6.54 Å². The number of benzene rings is 1. The van der Waals surface area contributed by atoms with Crippen molar-refractivity contribution in [1.82, 2.24) is 14.7 Å². The van der Waals surface area contributed by atoms with Crippen LogP contribution >= 0.6 is 0 Å². The summed E-state index contributed by atoms with van der Waals surface area (Å²) in [6, 6.07) is 8.23. The number of rotatable bonds is 5. The minimum absolute atomic E-state index is 0.157. The Morgan fingerprint density at radius 1 is 1.23 bits per heavy atom. The second-order valence-electron chi connectivity index (χ2n) is 5.78. The Hall–Kier alpha value is -2.10. The smallest absolute Gasteiger partial charge is 0.227 e. The van der Waals surface area contributed by atoms with Gasteiger partial charge in [0, 0.05) is 31.4 Å². The molecule has 0 aliphatic heterocycles. The molecule has 0 saturated heterocycles. The van der Waals surface area contributed by atoms with E-state index in [1.54, 1.807) is 0 Å². The molecule has 0 aliphatic carbocycles. The molecule has 0 atom stereocenters. The summed E-state index contributed by atoms with van der Waals surface area (Å²) < 4.78 is 1.84. The fraction of sp³-hybridized carbons (Fsp3) is 0.444. The van der Waals surface area contributed by atoms with Gasteiger partial charge < -0.3 is 4.90 Å². The number of aryl methyl sites for hydroxylation is 3. The lowest BCUT2D eigenvalue weighted by Gasteiger charge is -2.22. The zero-order valence-electron chi connectivity index (χ0n) is 14.2. The van der Waals surface area contributed by atoms with E-state index in [9.17, 15) is 4.79 Å². The second kappa shape index (κ2) is 6.77. The van der Waals surface area contributed by atoms with Crippen molar-refractivity contribution in [2.45, 2.75) is 40.7 Å². The van der Waals surface area contributed by atoms with Gasteiger partial charge in [-0.25, -0.2) is 0 Å². The molecule has 1 aromatic carbocycles. The van der Waals surface area contributed by atoms with Crippen LogP contribution in [0.4, 0.5) is 0 Å². The lowest BCUT2D eigenvalue weighted by Crippen LogP contribution is -2.32. The maximum absolute atomic E-state index is 12.7. The first-order valence-corrected chi connectivity index (χ1v) is 7.75. The Morgan fingerprint density at radius 2 is 1.91 bits per heavy atom. The first-order valence-electron chi connectivity index (χ1n) is 7.75. The van der Waals surface area contributed by atoms with E-state index in [0.29, 0.717) is 19.5 Å². The highest BCUT2D eigenvalue weighted by atomic mass is 16.2. The number of aromatic nitrogens is 2. The van der Waals surface area contributed by atoms with Gasteiger partial charge in [0.05, 0.1) is 12.1 Å². The van der Waals surface area contributed by atoms with Gasteiger partial charge in [0.1, 0.15) is 0 Å². The van der Waals surface area contributed by atoms with Gasteiger partial charge in [-0.05, 0) is 38.8 Å². The molecule has 0 bridgehead atoms. The highest BCUT2D eigenvalue weighted by Crippen LogP contribution is 2.16. The number of hydrogen-bond donors (Lipinski definition) is 0. The van der Waals surface area contributed by atoms with E-state index in [-0.39, 0.29) is 5.91 Å². The Balaban J connectivity index is 2.14. The molecule has 0 unspecified atom stereocenters. The van der Waals surface area contributed by atoms with Crippen LogP contribution in [-0.2, 0) is 24.8 Å². The molecule has 22 heavy (non-hydrogen) atoms. The molecule has 0 N–H and O–H groups in total. The molecule has 0 aliphatic rings. The summed E-state index contributed by atoms with van der Waals surface area (Å²) in [5.41, 5.74) is 5.49. The maximum atomic E-state index is 12.7. The van der Waals surface area contributed by atoms with E-state index in [0.717, 1.165) is 17.0 Å². The summed E-state index contributed by atoms with van der Waals surface area (Å²) in [6.45, 7) is 9.47. The topological polar surface area (TPSA) is 38.1 Å². The van der Waals surface area contributed by atoms with Crippen LogP contribution in [-0.4, -0.2) is 27.1 Å². The van der Waals surface area contributed by atoms with Crippen molar-refractivity contribution in [2.24, 2.45) is 7.05 Å². The van der Waals surface area contributed by atoms with Crippen molar-refractivity contribution in [3.05, 3.63) is 52.3 Å². The largest absolute Gasteiger partial charge is 0.338 e. The second-order valence-corrected chi connectivity index (χ2v) is 5.78. The summed E-state index contributed by atoms with van der Waals surface area (Å²) in [5.74, 6) is 0.157. The summed E-state index contributed by atoms with van der Waals surface area (Å²) >= 11 is 0. The molecular formula is C18H25N3O. The molecule has 1 amide bonds. The molecule has 1 aromatic heterocycles. The predicted octanol–water partition coefficient (Wildman–Crippen LogP) is 2.94. The normalized spacial score (nSPS) is 10.8. The molecule has 4 nitrogen and oxygen atoms in total. The van der Waals surface area contributed by atoms with E-state index >= 15 is 0 Å². The highest BCUT2D eigenvalue weighted by molar-refractivity contribution is 5.79. The van der Waals surface area contributed by atoms with E-state index < -0.39 is 0 Å². The first kappa shape index (κ1) is 16.3. The van der Waals surface area contributed by atoms with Gasteiger partial charge in [0.15, 0.2) is 0 Å². The van der Waals surface area contributed by atoms with Crippen LogP contribution in [0.3, 0.4) is 0 Å². The number of carbonyl (C=O) groups is 1. The summed E-state index contributed by atoms with van der Waals surface area (Å²) in [5, 5.41) is 4.39. The first-order chi connectivity index (χ1) is 10.4. The van der Waals surface area contributed by atoms with Gasteiger partial charge in [0.2, 0.25) is 5.91 Å².